The van der Waals surface area contributed by atoms with Crippen LogP contribution in [0.1, 0.15) is 46.6 Å². The van der Waals surface area contributed by atoms with E-state index in [1.165, 1.54) is 0 Å². The number of hydrogen-bond acceptors (Lipinski definition) is 3. The minimum Gasteiger partial charge on any atom is -0.463 e. The van der Waals surface area contributed by atoms with Crippen LogP contribution in [0.5, 0.6) is 0 Å². The zero-order chi connectivity index (χ0) is 18.4. The van der Waals surface area contributed by atoms with Gasteiger partial charge in [-0.25, -0.2) is 0 Å². The van der Waals surface area contributed by atoms with E-state index in [1.807, 2.05) is 56.3 Å². The SMILES string of the molecule is CC(C)OC(=O)C[C@H](/C=C/c1ccccc1)O[Si](C)(C)C(C)(C)C. The fourth-order valence-corrected chi connectivity index (χ4v) is 3.23. The standard InChI is InChI=1S/C20H32O3Si/c1-16(2)22-19(21)15-18(23-24(6,7)20(3,4)5)14-13-17-11-9-8-10-12-17/h8-14,16,18H,15H2,1-7H3/b14-13+/t18-/m0/s1. The Balaban J connectivity index is 2.90. The Hall–Kier alpha value is -1.39. The maximum absolute atomic E-state index is 12.1. The second kappa shape index (κ2) is 8.63. The monoisotopic (exact) mass is 348 g/mol. The Bertz CT molecular complexity index is 542. The molecule has 134 valence electrons. The van der Waals surface area contributed by atoms with Gasteiger partial charge in [-0.05, 0) is 37.5 Å². The lowest BCUT2D eigenvalue weighted by Crippen LogP contribution is -2.44. The molecule has 0 spiro atoms. The van der Waals surface area contributed by atoms with Crippen LogP contribution in [0.2, 0.25) is 18.1 Å². The summed E-state index contributed by atoms with van der Waals surface area (Å²) in [4.78, 5) is 12.1. The summed E-state index contributed by atoms with van der Waals surface area (Å²) >= 11 is 0. The summed E-state index contributed by atoms with van der Waals surface area (Å²) in [6, 6.07) is 10.0. The molecule has 0 unspecified atom stereocenters. The Morgan fingerprint density at radius 1 is 1.17 bits per heavy atom. The van der Waals surface area contributed by atoms with Crippen molar-refractivity contribution in [3.8, 4) is 0 Å². The third-order valence-electron chi connectivity index (χ3n) is 4.29. The number of benzene rings is 1. The van der Waals surface area contributed by atoms with Crippen LogP contribution < -0.4 is 0 Å². The van der Waals surface area contributed by atoms with Gasteiger partial charge in [0.05, 0.1) is 18.6 Å². The Morgan fingerprint density at radius 3 is 2.25 bits per heavy atom. The lowest BCUT2D eigenvalue weighted by Gasteiger charge is -2.38. The third kappa shape index (κ3) is 7.01. The van der Waals surface area contributed by atoms with E-state index >= 15 is 0 Å². The number of rotatable bonds is 7. The molecule has 0 saturated carbocycles. The van der Waals surface area contributed by atoms with E-state index in [0.717, 1.165) is 5.56 Å². The van der Waals surface area contributed by atoms with Gasteiger partial charge in [-0.1, -0.05) is 63.3 Å². The van der Waals surface area contributed by atoms with Gasteiger partial charge in [0, 0.05) is 0 Å². The van der Waals surface area contributed by atoms with E-state index in [1.54, 1.807) is 0 Å². The van der Waals surface area contributed by atoms with Gasteiger partial charge in [-0.2, -0.15) is 0 Å². The van der Waals surface area contributed by atoms with Crippen molar-refractivity contribution in [1.82, 2.24) is 0 Å². The Morgan fingerprint density at radius 2 is 1.75 bits per heavy atom. The summed E-state index contributed by atoms with van der Waals surface area (Å²) < 4.78 is 11.7. The van der Waals surface area contributed by atoms with Crippen molar-refractivity contribution in [2.75, 3.05) is 0 Å². The quantitative estimate of drug-likeness (QED) is 0.487. The predicted molar refractivity (Wildman–Crippen MR) is 103 cm³/mol. The van der Waals surface area contributed by atoms with Crippen LogP contribution in [-0.2, 0) is 14.0 Å². The molecule has 0 aliphatic carbocycles. The van der Waals surface area contributed by atoms with E-state index in [4.69, 9.17) is 9.16 Å². The fourth-order valence-electron chi connectivity index (χ4n) is 1.96. The zero-order valence-corrected chi connectivity index (χ0v) is 17.1. The van der Waals surface area contributed by atoms with Crippen LogP contribution in [0.15, 0.2) is 36.4 Å². The van der Waals surface area contributed by atoms with Crippen molar-refractivity contribution in [3.63, 3.8) is 0 Å². The van der Waals surface area contributed by atoms with E-state index in [-0.39, 0.29) is 29.6 Å². The first-order valence-electron chi connectivity index (χ1n) is 8.62. The Kier molecular flexibility index (Phi) is 7.43. The normalized spacial score (nSPS) is 14.2. The number of carbonyl (C=O) groups excluding carboxylic acids is 1. The van der Waals surface area contributed by atoms with Crippen LogP contribution in [0.3, 0.4) is 0 Å². The van der Waals surface area contributed by atoms with E-state index in [9.17, 15) is 4.79 Å². The lowest BCUT2D eigenvalue weighted by atomic mass is 10.1. The molecule has 3 nitrogen and oxygen atoms in total. The van der Waals surface area contributed by atoms with E-state index < -0.39 is 8.32 Å². The highest BCUT2D eigenvalue weighted by molar-refractivity contribution is 6.74. The molecule has 0 bridgehead atoms. The first kappa shape index (κ1) is 20.7. The summed E-state index contributed by atoms with van der Waals surface area (Å²) in [6.07, 6.45) is 3.87. The molecule has 0 aliphatic rings. The average Bonchev–Trinajstić information content (AvgIpc) is 2.43. The molecule has 0 fully saturated rings. The second-order valence-electron chi connectivity index (χ2n) is 7.93. The molecule has 0 saturated heterocycles. The molecular weight excluding hydrogens is 316 g/mol. The first-order valence-corrected chi connectivity index (χ1v) is 11.5. The molecule has 0 radical (unpaired) electrons. The van der Waals surface area contributed by atoms with Crippen molar-refractivity contribution in [2.45, 2.75) is 71.4 Å². The molecule has 1 aromatic carbocycles. The molecule has 0 N–H and O–H groups in total. The highest BCUT2D eigenvalue weighted by atomic mass is 28.4. The molecule has 1 atom stereocenters. The third-order valence-corrected chi connectivity index (χ3v) is 8.79. The number of carbonyl (C=O) groups is 1. The lowest BCUT2D eigenvalue weighted by molar-refractivity contribution is -0.148. The topological polar surface area (TPSA) is 35.5 Å². The van der Waals surface area contributed by atoms with Gasteiger partial charge in [0.15, 0.2) is 8.32 Å². The summed E-state index contributed by atoms with van der Waals surface area (Å²) in [7, 11) is -1.97. The maximum Gasteiger partial charge on any atom is 0.308 e. The predicted octanol–water partition coefficient (Wildman–Crippen LogP) is 5.43. The number of ether oxygens (including phenoxy) is 1. The van der Waals surface area contributed by atoms with Crippen molar-refractivity contribution < 1.29 is 14.0 Å². The smallest absolute Gasteiger partial charge is 0.308 e. The van der Waals surface area contributed by atoms with Crippen molar-refractivity contribution in [3.05, 3.63) is 42.0 Å². The van der Waals surface area contributed by atoms with Gasteiger partial charge in [0.1, 0.15) is 0 Å². The number of hydrogen-bond donors (Lipinski definition) is 0. The van der Waals surface area contributed by atoms with Gasteiger partial charge in [0.25, 0.3) is 0 Å². The molecule has 1 rings (SSSR count). The first-order chi connectivity index (χ1) is 11.0. The molecule has 24 heavy (non-hydrogen) atoms. The van der Waals surface area contributed by atoms with E-state index in [0.29, 0.717) is 0 Å². The molecule has 4 heteroatoms. The summed E-state index contributed by atoms with van der Waals surface area (Å²) in [5.41, 5.74) is 1.10. The van der Waals surface area contributed by atoms with E-state index in [2.05, 4.69) is 33.9 Å². The molecule has 0 heterocycles. The second-order valence-corrected chi connectivity index (χ2v) is 12.7. The summed E-state index contributed by atoms with van der Waals surface area (Å²) in [6.45, 7) is 14.7. The van der Waals surface area contributed by atoms with Crippen LogP contribution in [0, 0.1) is 0 Å². The highest BCUT2D eigenvalue weighted by Crippen LogP contribution is 2.37. The molecular formula is C20H32O3Si. The van der Waals surface area contributed by atoms with Crippen molar-refractivity contribution >= 4 is 20.4 Å². The molecule has 1 aromatic rings. The van der Waals surface area contributed by atoms with Crippen LogP contribution in [-0.4, -0.2) is 26.5 Å². The minimum absolute atomic E-state index is 0.0911. The van der Waals surface area contributed by atoms with Gasteiger partial charge < -0.3 is 9.16 Å². The molecule has 0 aliphatic heterocycles. The van der Waals surface area contributed by atoms with Gasteiger partial charge in [-0.15, -0.1) is 0 Å². The molecule has 0 amide bonds. The van der Waals surface area contributed by atoms with Crippen molar-refractivity contribution in [2.24, 2.45) is 0 Å². The summed E-state index contributed by atoms with van der Waals surface area (Å²) in [5.74, 6) is -0.216. The van der Waals surface area contributed by atoms with Crippen LogP contribution in [0.25, 0.3) is 6.08 Å². The molecule has 0 aromatic heterocycles. The van der Waals surface area contributed by atoms with Crippen LogP contribution in [0.4, 0.5) is 0 Å². The average molecular weight is 349 g/mol. The van der Waals surface area contributed by atoms with Gasteiger partial charge in [-0.3, -0.25) is 4.79 Å². The van der Waals surface area contributed by atoms with Crippen LogP contribution >= 0.6 is 0 Å². The minimum atomic E-state index is -1.97. The maximum atomic E-state index is 12.1. The largest absolute Gasteiger partial charge is 0.463 e. The number of esters is 1. The zero-order valence-electron chi connectivity index (χ0n) is 16.1. The fraction of sp³-hybridized carbons (Fsp3) is 0.550. The Labute approximate surface area is 148 Å². The van der Waals surface area contributed by atoms with Crippen molar-refractivity contribution in [1.29, 1.82) is 0 Å². The highest BCUT2D eigenvalue weighted by Gasteiger charge is 2.39. The van der Waals surface area contributed by atoms with Gasteiger partial charge in [0.2, 0.25) is 0 Å². The summed E-state index contributed by atoms with van der Waals surface area (Å²) in [5, 5.41) is 0.0911. The van der Waals surface area contributed by atoms with Gasteiger partial charge >= 0.3 is 5.97 Å².